The van der Waals surface area contributed by atoms with E-state index in [2.05, 4.69) is 64.8 Å². The molecule has 1 amide bonds. The Morgan fingerprint density at radius 3 is 2.46 bits per heavy atom. The number of hydrogen-bond acceptors (Lipinski definition) is 5. The van der Waals surface area contributed by atoms with Crippen molar-refractivity contribution in [2.75, 3.05) is 0 Å². The van der Waals surface area contributed by atoms with Crippen molar-refractivity contribution in [2.45, 2.75) is 70.8 Å². The van der Waals surface area contributed by atoms with E-state index in [-0.39, 0.29) is 24.5 Å². The summed E-state index contributed by atoms with van der Waals surface area (Å²) in [5, 5.41) is 13.6. The molecule has 3 aromatic carbocycles. The third-order valence-electron chi connectivity index (χ3n) is 9.10. The summed E-state index contributed by atoms with van der Waals surface area (Å²) in [5.74, 6) is -0.171. The van der Waals surface area contributed by atoms with Crippen molar-refractivity contribution >= 4 is 5.91 Å². The summed E-state index contributed by atoms with van der Waals surface area (Å²) in [6.07, 6.45) is 7.68. The normalized spacial score (nSPS) is 14.9. The number of carbonyl (C=O) groups excluding carboxylic acids is 1. The van der Waals surface area contributed by atoms with Crippen LogP contribution in [0, 0.1) is 0 Å². The molecule has 0 fully saturated rings. The first kappa shape index (κ1) is 31.3. The van der Waals surface area contributed by atoms with Crippen LogP contribution < -0.4 is 5.32 Å². The van der Waals surface area contributed by atoms with Gasteiger partial charge in [-0.1, -0.05) is 91.9 Å². The third kappa shape index (κ3) is 7.41. The van der Waals surface area contributed by atoms with Gasteiger partial charge in [-0.2, -0.15) is 0 Å². The van der Waals surface area contributed by atoms with E-state index in [4.69, 9.17) is 9.97 Å². The topological polar surface area (TPSA) is 78.4 Å². The number of aliphatic hydroxyl groups is 1. The lowest BCUT2D eigenvalue weighted by Crippen LogP contribution is -2.32. The van der Waals surface area contributed by atoms with Gasteiger partial charge in [0.1, 0.15) is 0 Å². The molecule has 2 heterocycles. The molecule has 5 aromatic rings. The molecule has 0 radical (unpaired) electrons. The Morgan fingerprint density at radius 2 is 1.67 bits per heavy atom. The summed E-state index contributed by atoms with van der Waals surface area (Å²) >= 11 is 0. The lowest BCUT2D eigenvalue weighted by molar-refractivity contribution is -0.122. The Labute approximate surface area is 272 Å². The van der Waals surface area contributed by atoms with Crippen LogP contribution in [0.15, 0.2) is 116 Å². The summed E-state index contributed by atoms with van der Waals surface area (Å²) < 4.78 is 0. The number of aryl methyl sites for hydroxylation is 1. The van der Waals surface area contributed by atoms with Gasteiger partial charge < -0.3 is 10.4 Å². The fourth-order valence-electron chi connectivity index (χ4n) is 6.68. The fourth-order valence-corrected chi connectivity index (χ4v) is 6.68. The van der Waals surface area contributed by atoms with Gasteiger partial charge >= 0.3 is 0 Å². The van der Waals surface area contributed by atoms with Crippen LogP contribution in [0.25, 0.3) is 11.1 Å². The quantitative estimate of drug-likeness (QED) is 0.153. The maximum Gasteiger partial charge on any atom is 0.227 e. The second-order valence-corrected chi connectivity index (χ2v) is 12.1. The number of nitrogens with one attached hydrogen (secondary N) is 1. The number of fused-ring (bicyclic) bond motifs is 1. The molecule has 2 N–H and O–H groups in total. The first-order valence-corrected chi connectivity index (χ1v) is 16.3. The molecule has 1 aliphatic rings. The maximum atomic E-state index is 13.1. The van der Waals surface area contributed by atoms with Crippen molar-refractivity contribution in [3.05, 3.63) is 155 Å². The van der Waals surface area contributed by atoms with Crippen LogP contribution in [-0.2, 0) is 37.5 Å². The van der Waals surface area contributed by atoms with Crippen molar-refractivity contribution < 1.29 is 9.90 Å². The van der Waals surface area contributed by atoms with Gasteiger partial charge in [-0.15, -0.1) is 0 Å². The fraction of sp³-hybridized carbons (Fsp3) is 0.275. The van der Waals surface area contributed by atoms with Crippen LogP contribution in [0.4, 0.5) is 0 Å². The van der Waals surface area contributed by atoms with E-state index >= 15 is 0 Å². The summed E-state index contributed by atoms with van der Waals surface area (Å²) in [7, 11) is 0. The van der Waals surface area contributed by atoms with Gasteiger partial charge in [0.2, 0.25) is 5.91 Å². The van der Waals surface area contributed by atoms with Gasteiger partial charge in [0.05, 0.1) is 30.0 Å². The molecule has 2 atom stereocenters. The third-order valence-corrected chi connectivity index (χ3v) is 9.10. The Kier molecular flexibility index (Phi) is 10.3. The van der Waals surface area contributed by atoms with E-state index in [0.717, 1.165) is 64.9 Å². The largest absolute Gasteiger partial charge is 0.392 e. The van der Waals surface area contributed by atoms with Crippen molar-refractivity contribution in [3.8, 4) is 11.1 Å². The van der Waals surface area contributed by atoms with Crippen molar-refractivity contribution in [1.29, 1.82) is 0 Å². The lowest BCUT2D eigenvalue weighted by Gasteiger charge is -2.35. The minimum absolute atomic E-state index is 0.0168. The first-order valence-electron chi connectivity index (χ1n) is 16.3. The standard InChI is InChI=1S/C40H42N4O2/c1-2-37(31-13-7-4-8-14-31)40(46)43-25-29-18-19-34(35(23-29)28-45)26-44(38-17-9-15-32-16-10-21-42-39(32)38)27-36-24-33(20-22-41-36)30-11-5-3-6-12-30/h3-8,10-14,16,18-24,37-38,45H,2,9,15,17,25-28H2,1H3,(H,43,46)/t37-,38?/m0/s1. The average molecular weight is 611 g/mol. The molecule has 6 heteroatoms. The van der Waals surface area contributed by atoms with Crippen molar-refractivity contribution in [1.82, 2.24) is 20.2 Å². The molecule has 234 valence electrons. The number of amides is 1. The van der Waals surface area contributed by atoms with Crippen LogP contribution in [0.2, 0.25) is 0 Å². The number of nitrogens with zero attached hydrogens (tertiary/aromatic N) is 3. The summed E-state index contributed by atoms with van der Waals surface area (Å²) in [5.41, 5.74) is 9.69. The molecule has 2 aromatic heterocycles. The predicted molar refractivity (Wildman–Crippen MR) is 183 cm³/mol. The van der Waals surface area contributed by atoms with Crippen LogP contribution >= 0.6 is 0 Å². The van der Waals surface area contributed by atoms with E-state index in [1.54, 1.807) is 0 Å². The van der Waals surface area contributed by atoms with E-state index < -0.39 is 0 Å². The Balaban J connectivity index is 1.24. The Hall–Kier alpha value is -4.65. The number of carbonyl (C=O) groups is 1. The number of aromatic nitrogens is 2. The molecule has 0 saturated heterocycles. The van der Waals surface area contributed by atoms with Gasteiger partial charge in [-0.25, -0.2) is 0 Å². The maximum absolute atomic E-state index is 13.1. The molecular weight excluding hydrogens is 568 g/mol. The molecule has 46 heavy (non-hydrogen) atoms. The molecule has 6 nitrogen and oxygen atoms in total. The van der Waals surface area contributed by atoms with E-state index in [1.165, 1.54) is 11.1 Å². The zero-order valence-corrected chi connectivity index (χ0v) is 26.5. The molecule has 6 rings (SSSR count). The molecular formula is C40H42N4O2. The number of rotatable bonds is 12. The van der Waals surface area contributed by atoms with Crippen LogP contribution in [0.3, 0.4) is 0 Å². The predicted octanol–water partition coefficient (Wildman–Crippen LogP) is 7.53. The summed E-state index contributed by atoms with van der Waals surface area (Å²) in [6.45, 7) is 3.67. The average Bonchev–Trinajstić information content (AvgIpc) is 3.12. The van der Waals surface area contributed by atoms with Gasteiger partial charge in [-0.3, -0.25) is 19.7 Å². The zero-order valence-electron chi connectivity index (χ0n) is 26.5. The Bertz CT molecular complexity index is 1740. The number of hydrogen-bond donors (Lipinski definition) is 2. The minimum Gasteiger partial charge on any atom is -0.392 e. The smallest absolute Gasteiger partial charge is 0.227 e. The van der Waals surface area contributed by atoms with Crippen molar-refractivity contribution in [2.24, 2.45) is 0 Å². The molecule has 1 unspecified atom stereocenters. The summed E-state index contributed by atoms with van der Waals surface area (Å²) in [4.78, 5) is 25.2. The van der Waals surface area contributed by atoms with Crippen LogP contribution in [0.1, 0.15) is 77.4 Å². The van der Waals surface area contributed by atoms with Gasteiger partial charge in [0.15, 0.2) is 0 Å². The van der Waals surface area contributed by atoms with Gasteiger partial charge in [0, 0.05) is 32.0 Å². The van der Waals surface area contributed by atoms with Gasteiger partial charge in [0.25, 0.3) is 0 Å². The monoisotopic (exact) mass is 610 g/mol. The second-order valence-electron chi connectivity index (χ2n) is 12.1. The highest BCUT2D eigenvalue weighted by atomic mass is 16.3. The van der Waals surface area contributed by atoms with E-state index in [9.17, 15) is 9.90 Å². The summed E-state index contributed by atoms with van der Waals surface area (Å²) in [6, 6.07) is 35.1. The minimum atomic E-state index is -0.188. The number of benzene rings is 3. The molecule has 0 aliphatic heterocycles. The second kappa shape index (κ2) is 15.1. The Morgan fingerprint density at radius 1 is 0.870 bits per heavy atom. The molecule has 0 bridgehead atoms. The van der Waals surface area contributed by atoms with Crippen LogP contribution in [0.5, 0.6) is 0 Å². The first-order chi connectivity index (χ1) is 22.6. The van der Waals surface area contributed by atoms with Crippen LogP contribution in [-0.4, -0.2) is 25.9 Å². The highest BCUT2D eigenvalue weighted by molar-refractivity contribution is 5.83. The SMILES string of the molecule is CC[C@H](C(=O)NCc1ccc(CN(Cc2cc(-c3ccccc3)ccn2)C2CCCc3cccnc32)c(CO)c1)c1ccccc1. The molecule has 1 aliphatic carbocycles. The number of aliphatic hydroxyl groups excluding tert-OH is 1. The molecule has 0 spiro atoms. The van der Waals surface area contributed by atoms with E-state index in [0.29, 0.717) is 19.6 Å². The van der Waals surface area contributed by atoms with Crippen molar-refractivity contribution in [3.63, 3.8) is 0 Å². The number of pyridine rings is 2. The van der Waals surface area contributed by atoms with Gasteiger partial charge in [-0.05, 0) is 82.8 Å². The highest BCUT2D eigenvalue weighted by Gasteiger charge is 2.28. The lowest BCUT2D eigenvalue weighted by atomic mass is 9.90. The molecule has 0 saturated carbocycles. The van der Waals surface area contributed by atoms with E-state index in [1.807, 2.05) is 67.8 Å². The zero-order chi connectivity index (χ0) is 31.7. The highest BCUT2D eigenvalue weighted by Crippen LogP contribution is 2.35.